The van der Waals surface area contributed by atoms with Gasteiger partial charge in [0.1, 0.15) is 5.75 Å². The van der Waals surface area contributed by atoms with Crippen molar-refractivity contribution in [1.29, 1.82) is 0 Å². The number of methoxy groups -OCH3 is 1. The Morgan fingerprint density at radius 2 is 2.00 bits per heavy atom. The lowest BCUT2D eigenvalue weighted by Gasteiger charge is -2.38. The molecule has 20 heavy (non-hydrogen) atoms. The molecule has 0 radical (unpaired) electrons. The van der Waals surface area contributed by atoms with E-state index in [1.54, 1.807) is 7.11 Å². The highest BCUT2D eigenvalue weighted by Crippen LogP contribution is 2.38. The normalized spacial score (nSPS) is 26.8. The summed E-state index contributed by atoms with van der Waals surface area (Å²) in [4.78, 5) is 0. The van der Waals surface area contributed by atoms with Gasteiger partial charge in [0.25, 0.3) is 0 Å². The highest BCUT2D eigenvalue weighted by Gasteiger charge is 2.34. The monoisotopic (exact) mass is 276 g/mol. The number of benzene rings is 1. The van der Waals surface area contributed by atoms with Crippen LogP contribution in [-0.4, -0.2) is 17.8 Å². The minimum atomic E-state index is -0.451. The van der Waals surface area contributed by atoms with Crippen LogP contribution in [0.3, 0.4) is 0 Å². The minimum absolute atomic E-state index is 0.451. The van der Waals surface area contributed by atoms with Crippen molar-refractivity contribution >= 4 is 0 Å². The molecule has 1 aromatic carbocycles. The van der Waals surface area contributed by atoms with Gasteiger partial charge in [0.15, 0.2) is 0 Å². The zero-order chi connectivity index (χ0) is 14.6. The van der Waals surface area contributed by atoms with Crippen molar-refractivity contribution in [3.8, 4) is 5.75 Å². The van der Waals surface area contributed by atoms with E-state index in [9.17, 15) is 5.11 Å². The lowest BCUT2D eigenvalue weighted by atomic mass is 9.72. The van der Waals surface area contributed by atoms with Crippen LogP contribution in [0.2, 0.25) is 0 Å². The Balaban J connectivity index is 1.91. The fourth-order valence-corrected chi connectivity index (χ4v) is 3.35. The summed E-state index contributed by atoms with van der Waals surface area (Å²) in [6.45, 7) is 4.56. The summed E-state index contributed by atoms with van der Waals surface area (Å²) in [5, 5.41) is 10.8. The lowest BCUT2D eigenvalue weighted by molar-refractivity contribution is -0.0308. The van der Waals surface area contributed by atoms with Crippen molar-refractivity contribution in [2.24, 2.45) is 11.8 Å². The minimum Gasteiger partial charge on any atom is -0.497 e. The second-order valence-electron chi connectivity index (χ2n) is 6.67. The lowest BCUT2D eigenvalue weighted by Crippen LogP contribution is -2.37. The van der Waals surface area contributed by atoms with Crippen LogP contribution >= 0.6 is 0 Å². The van der Waals surface area contributed by atoms with Crippen LogP contribution in [0.25, 0.3) is 0 Å². The number of rotatable bonds is 5. The van der Waals surface area contributed by atoms with E-state index in [-0.39, 0.29) is 0 Å². The van der Waals surface area contributed by atoms with Crippen molar-refractivity contribution in [2.75, 3.05) is 7.11 Å². The second-order valence-corrected chi connectivity index (χ2v) is 6.67. The highest BCUT2D eigenvalue weighted by molar-refractivity contribution is 5.27. The Bertz CT molecular complexity index is 410. The highest BCUT2D eigenvalue weighted by atomic mass is 16.5. The fourth-order valence-electron chi connectivity index (χ4n) is 3.35. The molecule has 2 atom stereocenters. The molecular formula is C18H28O2. The molecule has 2 rings (SSSR count). The van der Waals surface area contributed by atoms with Crippen LogP contribution in [0, 0.1) is 11.8 Å². The average Bonchev–Trinajstić information content (AvgIpc) is 2.46. The maximum Gasteiger partial charge on any atom is 0.118 e. The van der Waals surface area contributed by atoms with Gasteiger partial charge in [0, 0.05) is 0 Å². The molecule has 0 heterocycles. The van der Waals surface area contributed by atoms with Crippen molar-refractivity contribution in [2.45, 2.75) is 58.0 Å². The maximum atomic E-state index is 10.8. The molecule has 0 aliphatic heterocycles. The summed E-state index contributed by atoms with van der Waals surface area (Å²) >= 11 is 0. The van der Waals surface area contributed by atoms with Gasteiger partial charge in [-0.2, -0.15) is 0 Å². The molecule has 1 aliphatic rings. The average molecular weight is 276 g/mol. The Morgan fingerprint density at radius 1 is 1.30 bits per heavy atom. The van der Waals surface area contributed by atoms with E-state index in [4.69, 9.17) is 4.74 Å². The third kappa shape index (κ3) is 3.99. The van der Waals surface area contributed by atoms with Gasteiger partial charge in [-0.1, -0.05) is 32.4 Å². The first kappa shape index (κ1) is 15.4. The molecule has 0 bridgehead atoms. The summed E-state index contributed by atoms with van der Waals surface area (Å²) < 4.78 is 5.17. The van der Waals surface area contributed by atoms with Crippen molar-refractivity contribution < 1.29 is 9.84 Å². The molecule has 2 nitrogen and oxygen atoms in total. The van der Waals surface area contributed by atoms with Gasteiger partial charge in [0.05, 0.1) is 12.7 Å². The molecule has 1 saturated carbocycles. The van der Waals surface area contributed by atoms with Gasteiger partial charge in [0.2, 0.25) is 0 Å². The van der Waals surface area contributed by atoms with Gasteiger partial charge in [-0.15, -0.1) is 0 Å². The SMILES string of the molecule is COc1ccc(CCC2(O)CCCC(C(C)C)C2)cc1. The summed E-state index contributed by atoms with van der Waals surface area (Å²) in [6.07, 6.45) is 6.21. The van der Waals surface area contributed by atoms with Crippen LogP contribution in [0.5, 0.6) is 5.75 Å². The molecule has 112 valence electrons. The Kier molecular flexibility index (Phi) is 5.09. The molecule has 0 saturated heterocycles. The maximum absolute atomic E-state index is 10.8. The van der Waals surface area contributed by atoms with E-state index in [2.05, 4.69) is 26.0 Å². The van der Waals surface area contributed by atoms with E-state index in [1.807, 2.05) is 12.1 Å². The summed E-state index contributed by atoms with van der Waals surface area (Å²) in [5.41, 5.74) is 0.832. The predicted octanol–water partition coefficient (Wildman–Crippen LogP) is 4.21. The Hall–Kier alpha value is -1.02. The summed E-state index contributed by atoms with van der Waals surface area (Å²) in [6, 6.07) is 8.20. The van der Waals surface area contributed by atoms with Gasteiger partial charge in [-0.3, -0.25) is 0 Å². The van der Waals surface area contributed by atoms with Crippen LogP contribution < -0.4 is 4.74 Å². The molecular weight excluding hydrogens is 248 g/mol. The Labute approximate surface area is 123 Å². The van der Waals surface area contributed by atoms with E-state index in [0.717, 1.165) is 31.4 Å². The predicted molar refractivity (Wildman–Crippen MR) is 83.1 cm³/mol. The number of aliphatic hydroxyl groups is 1. The van der Waals surface area contributed by atoms with E-state index in [0.29, 0.717) is 11.8 Å². The Morgan fingerprint density at radius 3 is 2.60 bits per heavy atom. The standard InChI is InChI=1S/C18H28O2/c1-14(2)16-5-4-11-18(19,13-16)12-10-15-6-8-17(20-3)9-7-15/h6-9,14,16,19H,4-5,10-13H2,1-3H3. The third-order valence-electron chi connectivity index (χ3n) is 4.84. The molecule has 1 fully saturated rings. The molecule has 1 aliphatic carbocycles. The van der Waals surface area contributed by atoms with Crippen molar-refractivity contribution in [3.05, 3.63) is 29.8 Å². The van der Waals surface area contributed by atoms with Crippen LogP contribution in [-0.2, 0) is 6.42 Å². The second kappa shape index (κ2) is 6.62. The zero-order valence-corrected chi connectivity index (χ0v) is 13.1. The number of hydrogen-bond donors (Lipinski definition) is 1. The fraction of sp³-hybridized carbons (Fsp3) is 0.667. The molecule has 2 unspecified atom stereocenters. The first-order chi connectivity index (χ1) is 9.52. The van der Waals surface area contributed by atoms with E-state index in [1.165, 1.54) is 18.4 Å². The zero-order valence-electron chi connectivity index (χ0n) is 13.1. The number of aryl methyl sites for hydroxylation is 1. The molecule has 0 spiro atoms. The molecule has 1 aromatic rings. The van der Waals surface area contributed by atoms with Gasteiger partial charge in [-0.05, 0) is 61.6 Å². The van der Waals surface area contributed by atoms with Gasteiger partial charge >= 0.3 is 0 Å². The van der Waals surface area contributed by atoms with Gasteiger partial charge < -0.3 is 9.84 Å². The number of hydrogen-bond acceptors (Lipinski definition) is 2. The van der Waals surface area contributed by atoms with Crippen LogP contribution in [0.15, 0.2) is 24.3 Å². The topological polar surface area (TPSA) is 29.5 Å². The summed E-state index contributed by atoms with van der Waals surface area (Å²) in [7, 11) is 1.69. The van der Waals surface area contributed by atoms with Crippen LogP contribution in [0.1, 0.15) is 51.5 Å². The quantitative estimate of drug-likeness (QED) is 0.873. The molecule has 0 amide bonds. The van der Waals surface area contributed by atoms with Crippen LogP contribution in [0.4, 0.5) is 0 Å². The van der Waals surface area contributed by atoms with Crippen molar-refractivity contribution in [3.63, 3.8) is 0 Å². The third-order valence-corrected chi connectivity index (χ3v) is 4.84. The van der Waals surface area contributed by atoms with Crippen molar-refractivity contribution in [1.82, 2.24) is 0 Å². The van der Waals surface area contributed by atoms with Gasteiger partial charge in [-0.25, -0.2) is 0 Å². The molecule has 0 aromatic heterocycles. The number of ether oxygens (including phenoxy) is 1. The van der Waals surface area contributed by atoms with E-state index >= 15 is 0 Å². The first-order valence-corrected chi connectivity index (χ1v) is 7.88. The molecule has 2 heteroatoms. The molecule has 1 N–H and O–H groups in total. The summed E-state index contributed by atoms with van der Waals surface area (Å²) in [5.74, 6) is 2.26. The first-order valence-electron chi connectivity index (χ1n) is 7.88. The largest absolute Gasteiger partial charge is 0.497 e. The smallest absolute Gasteiger partial charge is 0.118 e. The van der Waals surface area contributed by atoms with E-state index < -0.39 is 5.60 Å².